The van der Waals surface area contributed by atoms with Crippen molar-refractivity contribution < 1.29 is 9.53 Å². The number of esters is 1. The second-order valence-electron chi connectivity index (χ2n) is 7.29. The smallest absolute Gasteiger partial charge is 0.310 e. The number of hydrogen-bond acceptors (Lipinski definition) is 5. The Hall–Kier alpha value is -3.25. The molecule has 0 amide bonds. The SMILES string of the molecule is Cc1sc2nc(C(C)OC(=O)Cc3ccc(-c4ccccc4)cc3)[nH]c(=O)c2c1C. The summed E-state index contributed by atoms with van der Waals surface area (Å²) in [6, 6.07) is 17.9. The number of benzene rings is 2. The topological polar surface area (TPSA) is 72.0 Å². The molecule has 1 unspecified atom stereocenters. The maximum atomic E-state index is 12.4. The molecule has 4 aromatic rings. The van der Waals surface area contributed by atoms with E-state index in [9.17, 15) is 9.59 Å². The Kier molecular flexibility index (Phi) is 5.50. The van der Waals surface area contributed by atoms with Crippen molar-refractivity contribution in [2.75, 3.05) is 0 Å². The Labute approximate surface area is 178 Å². The van der Waals surface area contributed by atoms with E-state index in [0.29, 0.717) is 16.0 Å². The molecular formula is C24H22N2O3S. The summed E-state index contributed by atoms with van der Waals surface area (Å²) in [6.07, 6.45) is -0.482. The Morgan fingerprint density at radius 3 is 2.43 bits per heavy atom. The van der Waals surface area contributed by atoms with E-state index in [1.165, 1.54) is 11.3 Å². The zero-order valence-corrected chi connectivity index (χ0v) is 17.9. The molecule has 5 nitrogen and oxygen atoms in total. The molecule has 2 aromatic carbocycles. The number of thiophene rings is 1. The first-order valence-corrected chi connectivity index (χ1v) is 10.6. The van der Waals surface area contributed by atoms with Crippen molar-refractivity contribution in [2.24, 2.45) is 0 Å². The van der Waals surface area contributed by atoms with Crippen molar-refractivity contribution in [1.29, 1.82) is 0 Å². The summed E-state index contributed by atoms with van der Waals surface area (Å²) in [5.74, 6) is -0.00206. The molecule has 0 fully saturated rings. The fourth-order valence-corrected chi connectivity index (χ4v) is 4.41. The van der Waals surface area contributed by atoms with Gasteiger partial charge >= 0.3 is 5.97 Å². The number of aromatic nitrogens is 2. The molecule has 4 rings (SSSR count). The number of carbonyl (C=O) groups excluding carboxylic acids is 1. The monoisotopic (exact) mass is 418 g/mol. The van der Waals surface area contributed by atoms with Crippen LogP contribution in [0, 0.1) is 13.8 Å². The number of nitrogens with zero attached hydrogens (tertiary/aromatic N) is 1. The second kappa shape index (κ2) is 8.24. The van der Waals surface area contributed by atoms with Gasteiger partial charge in [-0.2, -0.15) is 0 Å². The van der Waals surface area contributed by atoms with Crippen LogP contribution in [0.3, 0.4) is 0 Å². The molecule has 2 aromatic heterocycles. The summed E-state index contributed by atoms with van der Waals surface area (Å²) in [6.45, 7) is 5.60. The van der Waals surface area contributed by atoms with Gasteiger partial charge in [0.1, 0.15) is 4.83 Å². The van der Waals surface area contributed by atoms with Crippen LogP contribution in [0.1, 0.15) is 34.9 Å². The number of fused-ring (bicyclic) bond motifs is 1. The average molecular weight is 419 g/mol. The number of ether oxygens (including phenoxy) is 1. The number of H-pyrrole nitrogens is 1. The number of aryl methyl sites for hydroxylation is 2. The first-order chi connectivity index (χ1) is 14.4. The second-order valence-corrected chi connectivity index (χ2v) is 8.49. The molecular weight excluding hydrogens is 396 g/mol. The molecule has 0 saturated carbocycles. The molecule has 0 aliphatic carbocycles. The number of rotatable bonds is 5. The van der Waals surface area contributed by atoms with Crippen molar-refractivity contribution in [3.8, 4) is 11.1 Å². The van der Waals surface area contributed by atoms with E-state index in [2.05, 4.69) is 9.97 Å². The molecule has 1 atom stereocenters. The van der Waals surface area contributed by atoms with Gasteiger partial charge in [0.2, 0.25) is 0 Å². The van der Waals surface area contributed by atoms with Gasteiger partial charge in [-0.1, -0.05) is 54.6 Å². The fraction of sp³-hybridized carbons (Fsp3) is 0.208. The lowest BCUT2D eigenvalue weighted by atomic mass is 10.0. The molecule has 1 N–H and O–H groups in total. The molecule has 6 heteroatoms. The molecule has 0 bridgehead atoms. The number of hydrogen-bond donors (Lipinski definition) is 1. The van der Waals surface area contributed by atoms with Gasteiger partial charge in [-0.15, -0.1) is 11.3 Å². The average Bonchev–Trinajstić information content (AvgIpc) is 3.03. The minimum atomic E-state index is -0.638. The highest BCUT2D eigenvalue weighted by molar-refractivity contribution is 7.18. The van der Waals surface area contributed by atoms with Gasteiger partial charge in [0, 0.05) is 4.88 Å². The molecule has 0 aliphatic rings. The van der Waals surface area contributed by atoms with Crippen molar-refractivity contribution in [2.45, 2.75) is 33.3 Å². The Morgan fingerprint density at radius 2 is 1.73 bits per heavy atom. The van der Waals surface area contributed by atoms with E-state index >= 15 is 0 Å². The quantitative estimate of drug-likeness (QED) is 0.457. The van der Waals surface area contributed by atoms with Crippen molar-refractivity contribution >= 4 is 27.5 Å². The van der Waals surface area contributed by atoms with Crippen LogP contribution in [-0.4, -0.2) is 15.9 Å². The zero-order valence-electron chi connectivity index (χ0n) is 17.1. The number of carbonyl (C=O) groups is 1. The van der Waals surface area contributed by atoms with Crippen molar-refractivity contribution in [1.82, 2.24) is 9.97 Å². The lowest BCUT2D eigenvalue weighted by molar-refractivity contribution is -0.148. The van der Waals surface area contributed by atoms with Crippen LogP contribution >= 0.6 is 11.3 Å². The van der Waals surface area contributed by atoms with Gasteiger partial charge in [0.25, 0.3) is 5.56 Å². The first kappa shape index (κ1) is 20.0. The van der Waals surface area contributed by atoms with Crippen LogP contribution in [-0.2, 0) is 16.0 Å². The maximum absolute atomic E-state index is 12.4. The highest BCUT2D eigenvalue weighted by Crippen LogP contribution is 2.27. The third-order valence-electron chi connectivity index (χ3n) is 5.16. The molecule has 0 spiro atoms. The van der Waals surface area contributed by atoms with Gasteiger partial charge in [-0.25, -0.2) is 4.98 Å². The van der Waals surface area contributed by atoms with Crippen molar-refractivity contribution in [3.05, 3.63) is 86.8 Å². The van der Waals surface area contributed by atoms with Gasteiger partial charge in [-0.3, -0.25) is 9.59 Å². The van der Waals surface area contributed by atoms with Crippen LogP contribution < -0.4 is 5.56 Å². The van der Waals surface area contributed by atoms with E-state index in [4.69, 9.17) is 4.74 Å². The summed E-state index contributed by atoms with van der Waals surface area (Å²) >= 11 is 1.47. The summed E-state index contributed by atoms with van der Waals surface area (Å²) < 4.78 is 5.53. The maximum Gasteiger partial charge on any atom is 0.310 e. The summed E-state index contributed by atoms with van der Waals surface area (Å²) in [5, 5.41) is 0.610. The van der Waals surface area contributed by atoms with E-state index in [0.717, 1.165) is 27.1 Å². The third-order valence-corrected chi connectivity index (χ3v) is 6.26. The minimum absolute atomic E-state index is 0.156. The van der Waals surface area contributed by atoms with Gasteiger partial charge < -0.3 is 9.72 Å². The van der Waals surface area contributed by atoms with Crippen LogP contribution in [0.5, 0.6) is 0 Å². The van der Waals surface area contributed by atoms with E-state index in [-0.39, 0.29) is 17.9 Å². The lowest BCUT2D eigenvalue weighted by Crippen LogP contribution is -2.18. The molecule has 0 aliphatic heterocycles. The Balaban J connectivity index is 1.45. The largest absolute Gasteiger partial charge is 0.454 e. The minimum Gasteiger partial charge on any atom is -0.454 e. The molecule has 30 heavy (non-hydrogen) atoms. The summed E-state index contributed by atoms with van der Waals surface area (Å²) in [4.78, 5) is 33.9. The molecule has 0 saturated heterocycles. The van der Waals surface area contributed by atoms with Crippen LogP contribution in [0.4, 0.5) is 0 Å². The Morgan fingerprint density at radius 1 is 1.07 bits per heavy atom. The van der Waals surface area contributed by atoms with Crippen LogP contribution in [0.2, 0.25) is 0 Å². The zero-order chi connectivity index (χ0) is 21.3. The van der Waals surface area contributed by atoms with E-state index in [1.807, 2.05) is 68.4 Å². The normalized spacial score (nSPS) is 12.1. The third kappa shape index (κ3) is 4.04. The van der Waals surface area contributed by atoms with Gasteiger partial charge in [-0.05, 0) is 43.0 Å². The van der Waals surface area contributed by atoms with Gasteiger partial charge in [0.05, 0.1) is 11.8 Å². The highest BCUT2D eigenvalue weighted by atomic mass is 32.1. The highest BCUT2D eigenvalue weighted by Gasteiger charge is 2.18. The van der Waals surface area contributed by atoms with E-state index in [1.54, 1.807) is 6.92 Å². The fourth-order valence-electron chi connectivity index (χ4n) is 3.37. The molecule has 2 heterocycles. The first-order valence-electron chi connectivity index (χ1n) is 9.76. The lowest BCUT2D eigenvalue weighted by Gasteiger charge is -2.13. The van der Waals surface area contributed by atoms with Crippen LogP contribution in [0.25, 0.3) is 21.3 Å². The summed E-state index contributed by atoms with van der Waals surface area (Å²) in [5.41, 5.74) is 3.84. The predicted octanol–water partition coefficient (Wildman–Crippen LogP) is 5.12. The number of nitrogens with one attached hydrogen (secondary N) is 1. The predicted molar refractivity (Wildman–Crippen MR) is 120 cm³/mol. The Bertz CT molecular complexity index is 1260. The molecule has 152 valence electrons. The van der Waals surface area contributed by atoms with Crippen molar-refractivity contribution in [3.63, 3.8) is 0 Å². The number of aromatic amines is 1. The van der Waals surface area contributed by atoms with Gasteiger partial charge in [0.15, 0.2) is 11.9 Å². The van der Waals surface area contributed by atoms with Crippen LogP contribution in [0.15, 0.2) is 59.4 Å². The standard InChI is InChI=1S/C24H22N2O3S/c1-14-16(3)30-24-21(14)23(28)25-22(26-24)15(2)29-20(27)13-17-9-11-19(12-10-17)18-7-5-4-6-8-18/h4-12,15H,13H2,1-3H3,(H,25,26,28). The van der Waals surface area contributed by atoms with E-state index < -0.39 is 6.10 Å². The molecule has 0 radical (unpaired) electrons. The summed E-state index contributed by atoms with van der Waals surface area (Å²) in [7, 11) is 0.